The lowest BCUT2D eigenvalue weighted by Gasteiger charge is -2.34. The number of amides is 2. The maximum Gasteiger partial charge on any atom is 0.409 e. The largest absolute Gasteiger partial charge is 0.450 e. The number of nitrogens with zero attached hydrogens (tertiary/aromatic N) is 4. The third-order valence-electron chi connectivity index (χ3n) is 4.58. The number of nitrogens with two attached hydrogens (primary N) is 1. The predicted molar refractivity (Wildman–Crippen MR) is 110 cm³/mol. The third kappa shape index (κ3) is 5.07. The Balaban J connectivity index is 1.59. The first-order valence-electron chi connectivity index (χ1n) is 9.40. The summed E-state index contributed by atoms with van der Waals surface area (Å²) in [5.74, 6) is -0.546. The second-order valence-electron chi connectivity index (χ2n) is 6.57. The van der Waals surface area contributed by atoms with Crippen LogP contribution in [0.2, 0.25) is 5.02 Å². The highest BCUT2D eigenvalue weighted by molar-refractivity contribution is 6.30. The monoisotopic (exact) mass is 436 g/mol. The number of carbonyl (C=O) groups is 2. The van der Waals surface area contributed by atoms with Crippen LogP contribution >= 0.6 is 11.6 Å². The average Bonchev–Trinajstić information content (AvgIpc) is 2.74. The molecule has 0 bridgehead atoms. The van der Waals surface area contributed by atoms with E-state index in [4.69, 9.17) is 22.1 Å². The number of halogens is 2. The van der Waals surface area contributed by atoms with E-state index in [9.17, 15) is 14.0 Å². The Morgan fingerprint density at radius 1 is 1.30 bits per heavy atom. The molecule has 3 N–H and O–H groups in total. The number of ether oxygens (including phenoxy) is 1. The summed E-state index contributed by atoms with van der Waals surface area (Å²) in [6.07, 6.45) is 1.02. The number of carbonyl (C=O) groups excluding carboxylic acids is 2. The number of rotatable bonds is 5. The normalized spacial score (nSPS) is 13.8. The number of piperazine rings is 1. The average molecular weight is 437 g/mol. The molecular weight excluding hydrogens is 415 g/mol. The number of hydrogen-bond acceptors (Lipinski definition) is 7. The van der Waals surface area contributed by atoms with Gasteiger partial charge in [0.2, 0.25) is 5.95 Å². The van der Waals surface area contributed by atoms with E-state index in [1.807, 2.05) is 4.90 Å². The van der Waals surface area contributed by atoms with Crippen molar-refractivity contribution in [1.29, 1.82) is 0 Å². The minimum absolute atomic E-state index is 0.0167. The van der Waals surface area contributed by atoms with Crippen LogP contribution in [0.1, 0.15) is 22.8 Å². The van der Waals surface area contributed by atoms with Crippen LogP contribution in [0.25, 0.3) is 0 Å². The van der Waals surface area contributed by atoms with Gasteiger partial charge in [-0.25, -0.2) is 14.2 Å². The molecule has 30 heavy (non-hydrogen) atoms. The van der Waals surface area contributed by atoms with Gasteiger partial charge in [0.15, 0.2) is 0 Å². The van der Waals surface area contributed by atoms with Crippen LogP contribution in [0, 0.1) is 5.82 Å². The smallest absolute Gasteiger partial charge is 0.409 e. The highest BCUT2D eigenvalue weighted by Crippen LogP contribution is 2.18. The van der Waals surface area contributed by atoms with Gasteiger partial charge in [-0.3, -0.25) is 4.79 Å². The van der Waals surface area contributed by atoms with Gasteiger partial charge in [-0.1, -0.05) is 17.7 Å². The molecule has 2 amide bonds. The van der Waals surface area contributed by atoms with Gasteiger partial charge in [0, 0.05) is 38.9 Å². The van der Waals surface area contributed by atoms with Crippen LogP contribution in [-0.4, -0.2) is 59.7 Å². The molecule has 2 heterocycles. The van der Waals surface area contributed by atoms with E-state index >= 15 is 0 Å². The first-order valence-corrected chi connectivity index (χ1v) is 9.78. The molecule has 2 aromatic rings. The number of aromatic nitrogens is 2. The predicted octanol–water partition coefficient (Wildman–Crippen LogP) is 2.06. The van der Waals surface area contributed by atoms with E-state index in [-0.39, 0.29) is 29.0 Å². The Morgan fingerprint density at radius 3 is 2.67 bits per heavy atom. The summed E-state index contributed by atoms with van der Waals surface area (Å²) in [5, 5.41) is 2.66. The lowest BCUT2D eigenvalue weighted by molar-refractivity contribution is 0.0950. The summed E-state index contributed by atoms with van der Waals surface area (Å²) in [7, 11) is 0. The number of hydrogen-bond donors (Lipinski definition) is 2. The highest BCUT2D eigenvalue weighted by Gasteiger charge is 2.24. The topological polar surface area (TPSA) is 114 Å². The van der Waals surface area contributed by atoms with E-state index in [2.05, 4.69) is 15.3 Å². The van der Waals surface area contributed by atoms with Gasteiger partial charge >= 0.3 is 6.09 Å². The molecule has 9 nitrogen and oxygen atoms in total. The van der Waals surface area contributed by atoms with Gasteiger partial charge in [0.1, 0.15) is 11.6 Å². The Labute approximate surface area is 178 Å². The summed E-state index contributed by atoms with van der Waals surface area (Å²) >= 11 is 5.74. The summed E-state index contributed by atoms with van der Waals surface area (Å²) < 4.78 is 18.2. The zero-order valence-electron chi connectivity index (χ0n) is 16.4. The van der Waals surface area contributed by atoms with Crippen molar-refractivity contribution >= 4 is 35.4 Å². The second kappa shape index (κ2) is 9.57. The van der Waals surface area contributed by atoms with Crippen molar-refractivity contribution in [2.24, 2.45) is 0 Å². The summed E-state index contributed by atoms with van der Waals surface area (Å²) in [6.45, 7) is 4.24. The molecule has 1 aromatic carbocycles. The Kier molecular flexibility index (Phi) is 6.88. The molecule has 1 aromatic heterocycles. The summed E-state index contributed by atoms with van der Waals surface area (Å²) in [6, 6.07) is 4.20. The van der Waals surface area contributed by atoms with Gasteiger partial charge in [-0.2, -0.15) is 4.98 Å². The first-order chi connectivity index (χ1) is 14.4. The molecule has 1 saturated heterocycles. The molecule has 0 spiro atoms. The number of benzene rings is 1. The molecular formula is C19H22ClFN6O3. The lowest BCUT2D eigenvalue weighted by atomic mass is 10.2. The molecule has 11 heteroatoms. The summed E-state index contributed by atoms with van der Waals surface area (Å²) in [5.41, 5.74) is 6.74. The van der Waals surface area contributed by atoms with E-state index in [1.54, 1.807) is 11.8 Å². The Bertz CT molecular complexity index is 936. The van der Waals surface area contributed by atoms with Gasteiger partial charge in [0.25, 0.3) is 5.91 Å². The third-order valence-corrected chi connectivity index (χ3v) is 4.87. The molecule has 3 rings (SSSR count). The molecule has 0 unspecified atom stereocenters. The molecule has 0 saturated carbocycles. The van der Waals surface area contributed by atoms with Crippen LogP contribution in [0.4, 0.5) is 21.0 Å². The van der Waals surface area contributed by atoms with Crippen LogP contribution in [0.3, 0.4) is 0 Å². The van der Waals surface area contributed by atoms with Crippen molar-refractivity contribution in [1.82, 2.24) is 20.2 Å². The van der Waals surface area contributed by atoms with E-state index < -0.39 is 11.7 Å². The zero-order valence-corrected chi connectivity index (χ0v) is 17.2. The minimum Gasteiger partial charge on any atom is -0.450 e. The SMILES string of the molecule is CCOC(=O)N1CCN(c2ncc(C(=O)NCc3ccc(F)c(Cl)c3)c(N)n2)CC1. The fourth-order valence-corrected chi connectivity index (χ4v) is 3.15. The molecule has 0 radical (unpaired) electrons. The fourth-order valence-electron chi connectivity index (χ4n) is 2.94. The zero-order chi connectivity index (χ0) is 21.7. The Morgan fingerprint density at radius 2 is 2.03 bits per heavy atom. The number of nitrogen functional groups attached to an aromatic ring is 1. The van der Waals surface area contributed by atoms with Crippen molar-refractivity contribution < 1.29 is 18.7 Å². The van der Waals surface area contributed by atoms with Crippen molar-refractivity contribution in [3.05, 3.63) is 46.4 Å². The van der Waals surface area contributed by atoms with E-state index in [1.165, 1.54) is 24.4 Å². The molecule has 160 valence electrons. The number of anilines is 2. The van der Waals surface area contributed by atoms with Crippen LogP contribution in [0.5, 0.6) is 0 Å². The van der Waals surface area contributed by atoms with Crippen LogP contribution < -0.4 is 16.0 Å². The highest BCUT2D eigenvalue weighted by atomic mass is 35.5. The molecule has 1 aliphatic rings. The minimum atomic E-state index is -0.525. The second-order valence-corrected chi connectivity index (χ2v) is 6.98. The Hall–Kier alpha value is -3.14. The van der Waals surface area contributed by atoms with Crippen LogP contribution in [0.15, 0.2) is 24.4 Å². The van der Waals surface area contributed by atoms with Crippen molar-refractivity contribution in [2.75, 3.05) is 43.4 Å². The van der Waals surface area contributed by atoms with Crippen LogP contribution in [-0.2, 0) is 11.3 Å². The molecule has 0 atom stereocenters. The van der Waals surface area contributed by atoms with E-state index in [0.29, 0.717) is 44.3 Å². The van der Waals surface area contributed by atoms with Gasteiger partial charge in [0.05, 0.1) is 17.2 Å². The lowest BCUT2D eigenvalue weighted by Crippen LogP contribution is -2.49. The molecule has 1 aliphatic heterocycles. The van der Waals surface area contributed by atoms with Gasteiger partial charge in [-0.05, 0) is 24.6 Å². The standard InChI is InChI=1S/C19H22ClFN6O3/c1-2-30-19(29)27-7-5-26(6-8-27)18-24-11-13(16(22)25-18)17(28)23-10-12-3-4-15(21)14(20)9-12/h3-4,9,11H,2,5-8,10H2,1H3,(H,23,28)(H2,22,24,25). The first kappa shape index (κ1) is 21.6. The van der Waals surface area contributed by atoms with E-state index in [0.717, 1.165) is 0 Å². The number of nitrogens with one attached hydrogen (secondary N) is 1. The summed E-state index contributed by atoms with van der Waals surface area (Å²) in [4.78, 5) is 36.2. The van der Waals surface area contributed by atoms with Crippen molar-refractivity contribution in [3.8, 4) is 0 Å². The fraction of sp³-hybridized carbons (Fsp3) is 0.368. The van der Waals surface area contributed by atoms with Gasteiger partial charge in [-0.15, -0.1) is 0 Å². The van der Waals surface area contributed by atoms with Crippen molar-refractivity contribution in [2.45, 2.75) is 13.5 Å². The maximum atomic E-state index is 13.2. The molecule has 0 aliphatic carbocycles. The molecule has 1 fully saturated rings. The van der Waals surface area contributed by atoms with Crippen molar-refractivity contribution in [3.63, 3.8) is 0 Å². The van der Waals surface area contributed by atoms with Gasteiger partial charge < -0.3 is 25.6 Å². The maximum absolute atomic E-state index is 13.2. The quantitative estimate of drug-likeness (QED) is 0.737.